The predicted molar refractivity (Wildman–Crippen MR) is 73.5 cm³/mol. The molecule has 5 nitrogen and oxygen atoms in total. The monoisotopic (exact) mass is 249 g/mol. The smallest absolute Gasteiger partial charge is 0.144 e. The zero-order chi connectivity index (χ0) is 13.1. The number of hydrogen-bond acceptors (Lipinski definition) is 5. The molecule has 0 amide bonds. The van der Waals surface area contributed by atoms with Gasteiger partial charge in [-0.25, -0.2) is 4.98 Å². The lowest BCUT2D eigenvalue weighted by atomic mass is 10.1. The maximum atomic E-state index is 4.43. The number of likely N-dealkylation sites (N-methyl/N-ethyl adjacent to an activating group) is 1. The maximum absolute atomic E-state index is 4.43. The van der Waals surface area contributed by atoms with Crippen LogP contribution in [0.5, 0.6) is 0 Å². The summed E-state index contributed by atoms with van der Waals surface area (Å²) in [6.45, 7) is 7.63. The van der Waals surface area contributed by atoms with Crippen LogP contribution in [-0.4, -0.2) is 59.0 Å². The first-order valence-electron chi connectivity index (χ1n) is 6.53. The summed E-state index contributed by atoms with van der Waals surface area (Å²) in [5.41, 5.74) is 1.04. The molecule has 0 radical (unpaired) electrons. The molecular weight excluding hydrogens is 226 g/mol. The number of nitrogens with one attached hydrogen (secondary N) is 1. The molecule has 1 aromatic rings. The van der Waals surface area contributed by atoms with E-state index in [0.29, 0.717) is 12.1 Å². The van der Waals surface area contributed by atoms with Crippen molar-refractivity contribution in [3.63, 3.8) is 0 Å². The average molecular weight is 249 g/mol. The Labute approximate surface area is 109 Å². The van der Waals surface area contributed by atoms with Gasteiger partial charge in [-0.05, 0) is 20.9 Å². The van der Waals surface area contributed by atoms with E-state index in [4.69, 9.17) is 0 Å². The van der Waals surface area contributed by atoms with Gasteiger partial charge in [0, 0.05) is 38.8 Å². The lowest BCUT2D eigenvalue weighted by molar-refractivity contribution is 0.0549. The van der Waals surface area contributed by atoms with Gasteiger partial charge in [0.1, 0.15) is 5.82 Å². The third-order valence-electron chi connectivity index (χ3n) is 3.78. The molecule has 0 aliphatic carbocycles. The standard InChI is InChI=1S/C13H23N5/c1-10-7-18(8-11(2)17(10)4)9-12-5-16-13(14-3)6-15-12/h5-6,10-11H,7-9H2,1-4H3,(H,14,16). The van der Waals surface area contributed by atoms with E-state index in [9.17, 15) is 0 Å². The molecule has 18 heavy (non-hydrogen) atoms. The number of hydrogen-bond donors (Lipinski definition) is 1. The van der Waals surface area contributed by atoms with E-state index in [-0.39, 0.29) is 0 Å². The molecule has 1 fully saturated rings. The molecule has 100 valence electrons. The van der Waals surface area contributed by atoms with Crippen molar-refractivity contribution < 1.29 is 0 Å². The van der Waals surface area contributed by atoms with Crippen molar-refractivity contribution in [1.82, 2.24) is 19.8 Å². The molecule has 5 heteroatoms. The van der Waals surface area contributed by atoms with Gasteiger partial charge in [-0.1, -0.05) is 0 Å². The highest BCUT2D eigenvalue weighted by atomic mass is 15.3. The molecule has 1 saturated heterocycles. The highest BCUT2D eigenvalue weighted by Crippen LogP contribution is 2.15. The highest BCUT2D eigenvalue weighted by Gasteiger charge is 2.26. The minimum Gasteiger partial charge on any atom is -0.372 e. The summed E-state index contributed by atoms with van der Waals surface area (Å²) in [7, 11) is 4.06. The van der Waals surface area contributed by atoms with Crippen LogP contribution in [0.25, 0.3) is 0 Å². The predicted octanol–water partition coefficient (Wildman–Crippen LogP) is 1.04. The summed E-state index contributed by atoms with van der Waals surface area (Å²) in [5.74, 6) is 0.818. The van der Waals surface area contributed by atoms with Crippen LogP contribution in [0.3, 0.4) is 0 Å². The average Bonchev–Trinajstić information content (AvgIpc) is 2.37. The van der Waals surface area contributed by atoms with Crippen LogP contribution >= 0.6 is 0 Å². The van der Waals surface area contributed by atoms with Crippen molar-refractivity contribution in [3.8, 4) is 0 Å². The summed E-state index contributed by atoms with van der Waals surface area (Å²) in [4.78, 5) is 13.6. The molecule has 2 atom stereocenters. The zero-order valence-electron chi connectivity index (χ0n) is 11.7. The largest absolute Gasteiger partial charge is 0.372 e. The molecule has 0 bridgehead atoms. The molecule has 1 aromatic heterocycles. The highest BCUT2D eigenvalue weighted by molar-refractivity contribution is 5.29. The Morgan fingerprint density at radius 2 is 1.89 bits per heavy atom. The Balaban J connectivity index is 1.96. The van der Waals surface area contributed by atoms with Gasteiger partial charge in [0.2, 0.25) is 0 Å². The van der Waals surface area contributed by atoms with Crippen LogP contribution < -0.4 is 5.32 Å². The fourth-order valence-electron chi connectivity index (χ4n) is 2.44. The summed E-state index contributed by atoms with van der Waals surface area (Å²) >= 11 is 0. The van der Waals surface area contributed by atoms with Crippen molar-refractivity contribution in [1.29, 1.82) is 0 Å². The quantitative estimate of drug-likeness (QED) is 0.867. The van der Waals surface area contributed by atoms with E-state index in [1.807, 2.05) is 13.2 Å². The third-order valence-corrected chi connectivity index (χ3v) is 3.78. The number of anilines is 1. The van der Waals surface area contributed by atoms with Crippen LogP contribution in [0.4, 0.5) is 5.82 Å². The van der Waals surface area contributed by atoms with Gasteiger partial charge in [0.15, 0.2) is 0 Å². The second-order valence-electron chi connectivity index (χ2n) is 5.20. The first kappa shape index (κ1) is 13.2. The van der Waals surface area contributed by atoms with Crippen molar-refractivity contribution in [2.75, 3.05) is 32.5 Å². The van der Waals surface area contributed by atoms with Crippen molar-refractivity contribution >= 4 is 5.82 Å². The number of piperazine rings is 1. The van der Waals surface area contributed by atoms with Crippen LogP contribution in [-0.2, 0) is 6.54 Å². The molecule has 1 N–H and O–H groups in total. The topological polar surface area (TPSA) is 44.3 Å². The normalized spacial score (nSPS) is 26.2. The lowest BCUT2D eigenvalue weighted by Crippen LogP contribution is -2.54. The molecule has 2 rings (SSSR count). The minimum atomic E-state index is 0.596. The minimum absolute atomic E-state index is 0.596. The summed E-state index contributed by atoms with van der Waals surface area (Å²) in [5, 5.41) is 2.98. The Bertz CT molecular complexity index is 365. The molecular formula is C13H23N5. The number of rotatable bonds is 3. The summed E-state index contributed by atoms with van der Waals surface area (Å²) < 4.78 is 0. The van der Waals surface area contributed by atoms with Gasteiger partial charge in [0.05, 0.1) is 18.1 Å². The fraction of sp³-hybridized carbons (Fsp3) is 0.692. The molecule has 2 unspecified atom stereocenters. The van der Waals surface area contributed by atoms with E-state index in [1.165, 1.54) is 0 Å². The third kappa shape index (κ3) is 2.97. The van der Waals surface area contributed by atoms with Crippen molar-refractivity contribution in [2.24, 2.45) is 0 Å². The second kappa shape index (κ2) is 5.63. The van der Waals surface area contributed by atoms with Crippen LogP contribution in [0.15, 0.2) is 12.4 Å². The zero-order valence-corrected chi connectivity index (χ0v) is 11.7. The second-order valence-corrected chi connectivity index (χ2v) is 5.20. The summed E-state index contributed by atoms with van der Waals surface area (Å²) in [6, 6.07) is 1.19. The van der Waals surface area contributed by atoms with E-state index in [0.717, 1.165) is 31.1 Å². The Hall–Kier alpha value is -1.20. The van der Waals surface area contributed by atoms with Crippen molar-refractivity contribution in [3.05, 3.63) is 18.1 Å². The van der Waals surface area contributed by atoms with Gasteiger partial charge in [-0.15, -0.1) is 0 Å². The molecule has 1 aliphatic rings. The Morgan fingerprint density at radius 1 is 1.22 bits per heavy atom. The van der Waals surface area contributed by atoms with Crippen LogP contribution in [0, 0.1) is 0 Å². The van der Waals surface area contributed by atoms with Gasteiger partial charge >= 0.3 is 0 Å². The van der Waals surface area contributed by atoms with Crippen LogP contribution in [0.1, 0.15) is 19.5 Å². The van der Waals surface area contributed by atoms with Crippen LogP contribution in [0.2, 0.25) is 0 Å². The Morgan fingerprint density at radius 3 is 2.39 bits per heavy atom. The lowest BCUT2D eigenvalue weighted by Gasteiger charge is -2.42. The number of nitrogens with zero attached hydrogens (tertiary/aromatic N) is 4. The molecule has 2 heterocycles. The summed E-state index contributed by atoms with van der Waals surface area (Å²) in [6.07, 6.45) is 3.65. The molecule has 0 spiro atoms. The first-order chi connectivity index (χ1) is 8.60. The SMILES string of the molecule is CNc1cnc(CN2CC(C)N(C)C(C)C2)cn1. The van der Waals surface area contributed by atoms with E-state index in [2.05, 4.69) is 46.0 Å². The van der Waals surface area contributed by atoms with E-state index >= 15 is 0 Å². The van der Waals surface area contributed by atoms with Gasteiger partial charge < -0.3 is 5.32 Å². The molecule has 0 aromatic carbocycles. The van der Waals surface area contributed by atoms with Crippen molar-refractivity contribution in [2.45, 2.75) is 32.5 Å². The Kier molecular flexibility index (Phi) is 4.14. The molecule has 1 aliphatic heterocycles. The van der Waals surface area contributed by atoms with E-state index in [1.54, 1.807) is 6.20 Å². The van der Waals surface area contributed by atoms with Gasteiger partial charge in [-0.3, -0.25) is 14.8 Å². The van der Waals surface area contributed by atoms with Gasteiger partial charge in [0.25, 0.3) is 0 Å². The van der Waals surface area contributed by atoms with E-state index < -0.39 is 0 Å². The molecule has 0 saturated carbocycles. The fourth-order valence-corrected chi connectivity index (χ4v) is 2.44. The number of aromatic nitrogens is 2. The first-order valence-corrected chi connectivity index (χ1v) is 6.53. The maximum Gasteiger partial charge on any atom is 0.144 e. The van der Waals surface area contributed by atoms with Gasteiger partial charge in [-0.2, -0.15) is 0 Å².